The molecule has 0 aliphatic heterocycles. The summed E-state index contributed by atoms with van der Waals surface area (Å²) in [4.78, 5) is 3.92. The first-order chi connectivity index (χ1) is 6.07. The summed E-state index contributed by atoms with van der Waals surface area (Å²) in [6.45, 7) is 0.0738. The molecule has 72 valence electrons. The van der Waals surface area contributed by atoms with Crippen molar-refractivity contribution in [1.82, 2.24) is 4.98 Å². The Hall–Kier alpha value is 0.180. The number of hydrogen-bond donors (Lipinski definition) is 1. The zero-order chi connectivity index (χ0) is 10.0. The maximum atomic E-state index is 12.5. The van der Waals surface area contributed by atoms with Crippen LogP contribution in [0.5, 0.6) is 0 Å². The van der Waals surface area contributed by atoms with Crippen molar-refractivity contribution in [3.8, 4) is 0 Å². The molecule has 2 N–H and O–H groups in total. The van der Waals surface area contributed by atoms with E-state index in [-0.39, 0.29) is 12.1 Å². The highest BCUT2D eigenvalue weighted by molar-refractivity contribution is 14.1. The van der Waals surface area contributed by atoms with Crippen molar-refractivity contribution < 1.29 is 8.78 Å². The predicted molar refractivity (Wildman–Crippen MR) is 57.5 cm³/mol. The van der Waals surface area contributed by atoms with Crippen LogP contribution in [-0.2, 0) is 6.54 Å². The Labute approximate surface area is 96.2 Å². The summed E-state index contributed by atoms with van der Waals surface area (Å²) in [5, 5.41) is 0. The second-order valence-corrected chi connectivity index (χ2v) is 4.17. The maximum absolute atomic E-state index is 12.5. The first kappa shape index (κ1) is 11.3. The Morgan fingerprint density at radius 3 is 2.62 bits per heavy atom. The Morgan fingerprint density at radius 2 is 2.23 bits per heavy atom. The molecule has 1 heterocycles. The van der Waals surface area contributed by atoms with E-state index in [4.69, 9.17) is 5.73 Å². The number of nitrogens with two attached hydrogens (primary N) is 1. The van der Waals surface area contributed by atoms with E-state index >= 15 is 0 Å². The fourth-order valence-electron chi connectivity index (χ4n) is 0.946. The van der Waals surface area contributed by atoms with E-state index in [9.17, 15) is 8.78 Å². The van der Waals surface area contributed by atoms with Crippen molar-refractivity contribution in [2.45, 2.75) is 13.0 Å². The van der Waals surface area contributed by atoms with E-state index in [0.717, 1.165) is 0 Å². The van der Waals surface area contributed by atoms with Gasteiger partial charge in [-0.05, 0) is 38.5 Å². The molecule has 2 nitrogen and oxygen atoms in total. The topological polar surface area (TPSA) is 38.9 Å². The van der Waals surface area contributed by atoms with E-state index in [1.165, 1.54) is 6.20 Å². The van der Waals surface area contributed by atoms with Crippen molar-refractivity contribution in [3.63, 3.8) is 0 Å². The number of alkyl halides is 2. The highest BCUT2D eigenvalue weighted by Gasteiger charge is 2.18. The molecule has 0 unspecified atom stereocenters. The molecule has 0 spiro atoms. The van der Waals surface area contributed by atoms with Gasteiger partial charge in [0.2, 0.25) is 0 Å². The summed E-state index contributed by atoms with van der Waals surface area (Å²) in [6, 6.07) is 0. The predicted octanol–water partition coefficient (Wildman–Crippen LogP) is 2.85. The molecule has 1 aromatic heterocycles. The van der Waals surface area contributed by atoms with Gasteiger partial charge in [-0.15, -0.1) is 0 Å². The molecule has 0 fully saturated rings. The average molecular weight is 363 g/mol. The fourth-order valence-corrected chi connectivity index (χ4v) is 2.11. The van der Waals surface area contributed by atoms with Gasteiger partial charge in [-0.1, -0.05) is 0 Å². The lowest BCUT2D eigenvalue weighted by atomic mass is 10.1. The summed E-state index contributed by atoms with van der Waals surface area (Å²) in [6.07, 6.45) is -1.16. The van der Waals surface area contributed by atoms with Crippen molar-refractivity contribution in [2.75, 3.05) is 0 Å². The van der Waals surface area contributed by atoms with Crippen LogP contribution in [-0.4, -0.2) is 4.98 Å². The second kappa shape index (κ2) is 4.61. The molecular weight excluding hydrogens is 357 g/mol. The molecule has 0 saturated heterocycles. The number of hydrogen-bond acceptors (Lipinski definition) is 2. The van der Waals surface area contributed by atoms with E-state index in [2.05, 4.69) is 20.9 Å². The molecule has 1 rings (SSSR count). The molecule has 0 bridgehead atoms. The minimum absolute atomic E-state index is 0.0538. The molecule has 6 heteroatoms. The van der Waals surface area contributed by atoms with Crippen LogP contribution >= 0.6 is 38.5 Å². The number of aromatic nitrogens is 1. The van der Waals surface area contributed by atoms with Gasteiger partial charge in [-0.3, -0.25) is 0 Å². The third-order valence-corrected chi connectivity index (χ3v) is 3.11. The number of halogens is 4. The van der Waals surface area contributed by atoms with Crippen molar-refractivity contribution >= 4 is 38.5 Å². The highest BCUT2D eigenvalue weighted by Crippen LogP contribution is 2.31. The smallest absolute Gasteiger partial charge is 0.265 e. The van der Waals surface area contributed by atoms with Crippen LogP contribution in [0.25, 0.3) is 0 Å². The number of pyridine rings is 1. The minimum Gasteiger partial charge on any atom is -0.326 e. The van der Waals surface area contributed by atoms with E-state index < -0.39 is 6.43 Å². The maximum Gasteiger partial charge on any atom is 0.265 e. The molecule has 0 aliphatic rings. The van der Waals surface area contributed by atoms with Crippen LogP contribution in [0.4, 0.5) is 8.78 Å². The lowest BCUT2D eigenvalue weighted by Crippen LogP contribution is -2.07. The van der Waals surface area contributed by atoms with Gasteiger partial charge in [0, 0.05) is 28.3 Å². The van der Waals surface area contributed by atoms with Gasteiger partial charge in [0.15, 0.2) is 0 Å². The van der Waals surface area contributed by atoms with Gasteiger partial charge in [0.05, 0.1) is 0 Å². The third-order valence-electron chi connectivity index (χ3n) is 1.55. The van der Waals surface area contributed by atoms with Gasteiger partial charge in [0.1, 0.15) is 3.70 Å². The van der Waals surface area contributed by atoms with Gasteiger partial charge < -0.3 is 5.73 Å². The lowest BCUT2D eigenvalue weighted by molar-refractivity contribution is 0.149. The zero-order valence-electron chi connectivity index (χ0n) is 6.40. The first-order valence-corrected chi connectivity index (χ1v) is 5.26. The second-order valence-electron chi connectivity index (χ2n) is 2.29. The summed E-state index contributed by atoms with van der Waals surface area (Å²) in [7, 11) is 0. The summed E-state index contributed by atoms with van der Waals surface area (Å²) < 4.78 is 25.9. The van der Waals surface area contributed by atoms with Crippen LogP contribution in [0.2, 0.25) is 0 Å². The molecular formula is C7H6BrF2IN2. The first-order valence-electron chi connectivity index (χ1n) is 3.39. The molecule has 0 amide bonds. The average Bonchev–Trinajstić information content (AvgIpc) is 2.07. The highest BCUT2D eigenvalue weighted by atomic mass is 127. The van der Waals surface area contributed by atoms with Crippen molar-refractivity contribution in [2.24, 2.45) is 5.73 Å². The zero-order valence-corrected chi connectivity index (χ0v) is 10.1. The van der Waals surface area contributed by atoms with Crippen LogP contribution in [0.3, 0.4) is 0 Å². The molecule has 13 heavy (non-hydrogen) atoms. The summed E-state index contributed by atoms with van der Waals surface area (Å²) in [5.74, 6) is 0. The number of nitrogens with zero attached hydrogens (tertiary/aromatic N) is 1. The lowest BCUT2D eigenvalue weighted by Gasteiger charge is -2.09. The molecule has 0 aliphatic carbocycles. The van der Waals surface area contributed by atoms with Gasteiger partial charge >= 0.3 is 0 Å². The van der Waals surface area contributed by atoms with Crippen molar-refractivity contribution in [3.05, 3.63) is 25.5 Å². The van der Waals surface area contributed by atoms with Crippen molar-refractivity contribution in [1.29, 1.82) is 0 Å². The van der Waals surface area contributed by atoms with Crippen LogP contribution < -0.4 is 5.73 Å². The quantitative estimate of drug-likeness (QED) is 0.649. The Balaban J connectivity index is 3.35. The van der Waals surface area contributed by atoms with E-state index in [1.54, 1.807) is 0 Å². The fraction of sp³-hybridized carbons (Fsp3) is 0.286. The SMILES string of the molecule is NCc1c(I)ncc(Br)c1C(F)F. The van der Waals surface area contributed by atoms with Crippen LogP contribution in [0.1, 0.15) is 17.6 Å². The Bertz CT molecular complexity index is 320. The largest absolute Gasteiger partial charge is 0.326 e. The van der Waals surface area contributed by atoms with Crippen LogP contribution in [0.15, 0.2) is 10.7 Å². The minimum atomic E-state index is -2.52. The monoisotopic (exact) mass is 362 g/mol. The van der Waals surface area contributed by atoms with Gasteiger partial charge in [-0.2, -0.15) is 0 Å². The summed E-state index contributed by atoms with van der Waals surface area (Å²) in [5.41, 5.74) is 5.71. The Morgan fingerprint density at radius 1 is 1.62 bits per heavy atom. The van der Waals surface area contributed by atoms with Gasteiger partial charge in [0.25, 0.3) is 6.43 Å². The standard InChI is InChI=1S/C7H6BrF2IN2/c8-4-2-13-7(11)3(1-12)5(4)6(9)10/h2,6H,1,12H2. The van der Waals surface area contributed by atoms with Crippen LogP contribution in [0, 0.1) is 3.70 Å². The van der Waals surface area contributed by atoms with E-state index in [0.29, 0.717) is 13.7 Å². The Kier molecular flexibility index (Phi) is 3.99. The molecule has 0 aromatic carbocycles. The number of rotatable bonds is 2. The molecule has 0 saturated carbocycles. The molecule has 0 atom stereocenters. The molecule has 0 radical (unpaired) electrons. The normalized spacial score (nSPS) is 10.9. The molecule has 1 aromatic rings. The summed E-state index contributed by atoms with van der Waals surface area (Å²) >= 11 is 4.91. The van der Waals surface area contributed by atoms with Gasteiger partial charge in [-0.25, -0.2) is 13.8 Å². The third kappa shape index (κ3) is 2.35. The van der Waals surface area contributed by atoms with E-state index in [1.807, 2.05) is 22.6 Å².